The molecule has 0 bridgehead atoms. The molecule has 9 heteroatoms. The fourth-order valence-electron chi connectivity index (χ4n) is 4.38. The lowest BCUT2D eigenvalue weighted by Gasteiger charge is -2.34. The molecular formula is C22H31FN2O5S. The maximum absolute atomic E-state index is 13.1. The average Bonchev–Trinajstić information content (AvgIpc) is 2.75. The topological polar surface area (TPSA) is 92.8 Å². The van der Waals surface area contributed by atoms with Crippen molar-refractivity contribution >= 4 is 21.9 Å². The van der Waals surface area contributed by atoms with Crippen LogP contribution >= 0.6 is 0 Å². The number of amides is 1. The molecule has 1 aliphatic heterocycles. The van der Waals surface area contributed by atoms with E-state index in [2.05, 4.69) is 19.2 Å². The van der Waals surface area contributed by atoms with E-state index in [1.54, 1.807) is 0 Å². The van der Waals surface area contributed by atoms with Crippen LogP contribution in [0.4, 0.5) is 4.39 Å². The molecule has 2 fully saturated rings. The first-order valence-electron chi connectivity index (χ1n) is 10.9. The molecular weight excluding hydrogens is 423 g/mol. The second-order valence-corrected chi connectivity index (χ2v) is 10.6. The Morgan fingerprint density at radius 3 is 2.39 bits per heavy atom. The van der Waals surface area contributed by atoms with Crippen molar-refractivity contribution in [2.45, 2.75) is 56.9 Å². The lowest BCUT2D eigenvalue weighted by Crippen LogP contribution is -2.45. The van der Waals surface area contributed by atoms with Crippen molar-refractivity contribution in [2.75, 3.05) is 19.7 Å². The molecule has 0 aromatic heterocycles. The molecule has 1 aromatic rings. The fraction of sp³-hybridized carbons (Fsp3) is 0.636. The summed E-state index contributed by atoms with van der Waals surface area (Å²) in [4.78, 5) is 24.6. The van der Waals surface area contributed by atoms with E-state index >= 15 is 0 Å². The summed E-state index contributed by atoms with van der Waals surface area (Å²) in [5, 5.41) is 2.98. The lowest BCUT2D eigenvalue weighted by atomic mass is 9.78. The van der Waals surface area contributed by atoms with E-state index < -0.39 is 27.7 Å². The molecule has 3 rings (SSSR count). The lowest BCUT2D eigenvalue weighted by molar-refractivity contribution is -0.154. The molecule has 7 nitrogen and oxygen atoms in total. The van der Waals surface area contributed by atoms with Crippen LogP contribution in [0, 0.1) is 23.6 Å². The Kier molecular flexibility index (Phi) is 7.69. The van der Waals surface area contributed by atoms with Gasteiger partial charge >= 0.3 is 5.97 Å². The molecule has 0 unspecified atom stereocenters. The first-order valence-corrected chi connectivity index (χ1v) is 12.3. The van der Waals surface area contributed by atoms with Crippen LogP contribution in [0.15, 0.2) is 29.2 Å². The van der Waals surface area contributed by atoms with Crippen LogP contribution in [0.1, 0.15) is 46.0 Å². The summed E-state index contributed by atoms with van der Waals surface area (Å²) in [5.74, 6) is -0.772. The number of esters is 1. The molecule has 2 aliphatic rings. The predicted octanol–water partition coefficient (Wildman–Crippen LogP) is 2.71. The van der Waals surface area contributed by atoms with E-state index in [1.807, 2.05) is 0 Å². The number of benzene rings is 1. The highest BCUT2D eigenvalue weighted by atomic mass is 32.2. The van der Waals surface area contributed by atoms with Gasteiger partial charge < -0.3 is 10.1 Å². The smallest absolute Gasteiger partial charge is 0.309 e. The third-order valence-electron chi connectivity index (χ3n) is 6.64. The highest BCUT2D eigenvalue weighted by molar-refractivity contribution is 7.89. The van der Waals surface area contributed by atoms with Gasteiger partial charge in [0, 0.05) is 19.1 Å². The Balaban J connectivity index is 1.45. The van der Waals surface area contributed by atoms with Crippen LogP contribution in [0.5, 0.6) is 0 Å². The maximum atomic E-state index is 13.1. The summed E-state index contributed by atoms with van der Waals surface area (Å²) in [6.07, 6.45) is 3.82. The molecule has 1 saturated carbocycles. The monoisotopic (exact) mass is 454 g/mol. The number of rotatable bonds is 6. The predicted molar refractivity (Wildman–Crippen MR) is 113 cm³/mol. The number of hydrogen-bond donors (Lipinski definition) is 1. The van der Waals surface area contributed by atoms with Gasteiger partial charge in [0.1, 0.15) is 5.82 Å². The number of carbonyl (C=O) groups is 2. The first-order chi connectivity index (χ1) is 14.7. The third-order valence-corrected chi connectivity index (χ3v) is 8.55. The van der Waals surface area contributed by atoms with E-state index in [0.29, 0.717) is 24.7 Å². The fourth-order valence-corrected chi connectivity index (χ4v) is 5.85. The van der Waals surface area contributed by atoms with E-state index in [1.165, 1.54) is 16.4 Å². The van der Waals surface area contributed by atoms with Gasteiger partial charge in [-0.2, -0.15) is 4.31 Å². The number of halogens is 1. The number of nitrogens with one attached hydrogen (secondary N) is 1. The van der Waals surface area contributed by atoms with Gasteiger partial charge in [-0.25, -0.2) is 12.8 Å². The van der Waals surface area contributed by atoms with Gasteiger partial charge in [-0.05, 0) is 55.4 Å². The molecule has 0 spiro atoms. The van der Waals surface area contributed by atoms with Crippen LogP contribution < -0.4 is 5.32 Å². The molecule has 1 amide bonds. The minimum absolute atomic E-state index is 0.0258. The van der Waals surface area contributed by atoms with E-state index in [9.17, 15) is 22.4 Å². The largest absolute Gasteiger partial charge is 0.455 e. The number of carbonyl (C=O) groups excluding carboxylic acids is 2. The van der Waals surface area contributed by atoms with E-state index in [4.69, 9.17) is 4.74 Å². The van der Waals surface area contributed by atoms with Crippen molar-refractivity contribution in [1.82, 2.24) is 9.62 Å². The van der Waals surface area contributed by atoms with Crippen LogP contribution in [-0.4, -0.2) is 50.3 Å². The van der Waals surface area contributed by atoms with Gasteiger partial charge in [0.2, 0.25) is 10.0 Å². The Bertz CT molecular complexity index is 882. The number of piperidine rings is 1. The minimum Gasteiger partial charge on any atom is -0.455 e. The van der Waals surface area contributed by atoms with Gasteiger partial charge in [-0.1, -0.05) is 26.7 Å². The molecule has 31 heavy (non-hydrogen) atoms. The van der Waals surface area contributed by atoms with Crippen LogP contribution in [0.25, 0.3) is 0 Å². The second kappa shape index (κ2) is 10.1. The Morgan fingerprint density at radius 2 is 1.74 bits per heavy atom. The molecule has 1 aromatic carbocycles. The zero-order chi connectivity index (χ0) is 22.6. The SMILES string of the molecule is C[C@H]1[C@H](C)CCC[C@H]1NC(=O)COC(=O)C1CCN(S(=O)(=O)c2ccc(F)cc2)CC1. The third kappa shape index (κ3) is 5.83. The summed E-state index contributed by atoms with van der Waals surface area (Å²) in [5.41, 5.74) is 0. The first kappa shape index (κ1) is 23.7. The van der Waals surface area contributed by atoms with Gasteiger partial charge in [-0.15, -0.1) is 0 Å². The number of ether oxygens (including phenoxy) is 1. The van der Waals surface area contributed by atoms with Crippen molar-refractivity contribution in [1.29, 1.82) is 0 Å². The standard InChI is InChI=1S/C22H31FN2O5S/c1-15-4-3-5-20(16(15)2)24-21(26)14-30-22(27)17-10-12-25(13-11-17)31(28,29)19-8-6-18(23)7-9-19/h6-9,15-17,20H,3-5,10-14H2,1-2H3,(H,24,26)/t15-,16+,20-/m1/s1. The zero-order valence-electron chi connectivity index (χ0n) is 18.1. The molecule has 3 atom stereocenters. The molecule has 1 saturated heterocycles. The van der Waals surface area contributed by atoms with Crippen LogP contribution in [0.3, 0.4) is 0 Å². The van der Waals surface area contributed by atoms with Crippen LogP contribution in [0.2, 0.25) is 0 Å². The summed E-state index contributed by atoms with van der Waals surface area (Å²) in [6.45, 7) is 4.34. The van der Waals surface area contributed by atoms with Crippen molar-refractivity contribution in [3.63, 3.8) is 0 Å². The molecule has 1 N–H and O–H groups in total. The summed E-state index contributed by atoms with van der Waals surface area (Å²) >= 11 is 0. The highest BCUT2D eigenvalue weighted by Crippen LogP contribution is 2.29. The normalized spacial score (nSPS) is 25.7. The number of nitrogens with zero attached hydrogens (tertiary/aromatic N) is 1. The van der Waals surface area contributed by atoms with E-state index in [-0.39, 0.29) is 36.5 Å². The number of sulfonamides is 1. The van der Waals surface area contributed by atoms with Gasteiger partial charge in [-0.3, -0.25) is 9.59 Å². The summed E-state index contributed by atoms with van der Waals surface area (Å²) < 4.78 is 44.9. The van der Waals surface area contributed by atoms with Gasteiger partial charge in [0.05, 0.1) is 10.8 Å². The molecule has 0 radical (unpaired) electrons. The minimum atomic E-state index is -3.73. The second-order valence-electron chi connectivity index (χ2n) is 8.68. The van der Waals surface area contributed by atoms with E-state index in [0.717, 1.165) is 31.4 Å². The zero-order valence-corrected chi connectivity index (χ0v) is 18.9. The summed E-state index contributed by atoms with van der Waals surface area (Å²) in [6, 6.07) is 4.79. The van der Waals surface area contributed by atoms with Crippen LogP contribution in [-0.2, 0) is 24.3 Å². The maximum Gasteiger partial charge on any atom is 0.309 e. The van der Waals surface area contributed by atoms with Crippen molar-refractivity contribution < 1.29 is 27.1 Å². The Hall–Kier alpha value is -2.00. The Morgan fingerprint density at radius 1 is 1.10 bits per heavy atom. The number of hydrogen-bond acceptors (Lipinski definition) is 5. The quantitative estimate of drug-likeness (QED) is 0.667. The average molecular weight is 455 g/mol. The molecule has 1 aliphatic carbocycles. The molecule has 1 heterocycles. The molecule has 172 valence electrons. The van der Waals surface area contributed by atoms with Crippen molar-refractivity contribution in [3.8, 4) is 0 Å². The van der Waals surface area contributed by atoms with Gasteiger partial charge in [0.25, 0.3) is 5.91 Å². The van der Waals surface area contributed by atoms with Gasteiger partial charge in [0.15, 0.2) is 6.61 Å². The highest BCUT2D eigenvalue weighted by Gasteiger charge is 2.33. The Labute approximate surface area is 183 Å². The summed E-state index contributed by atoms with van der Waals surface area (Å²) in [7, 11) is -3.73. The van der Waals surface area contributed by atoms with Crippen molar-refractivity contribution in [2.24, 2.45) is 17.8 Å². The van der Waals surface area contributed by atoms with Crippen molar-refractivity contribution in [3.05, 3.63) is 30.1 Å².